The number of carbonyl (C=O) groups is 3. The van der Waals surface area contributed by atoms with Crippen LogP contribution in [0.4, 0.5) is 4.79 Å². The standard InChI is InChI=1S/C15H21N3O6S2/c1-26(22,23)18-8-2-5-12(18)14(20)24-10-13(19)17-15(21)16-7-6-11-4-3-9-25-11/h3-4,9,12H,2,5-8,10H2,1H3,(H2,16,17,19,21). The summed E-state index contributed by atoms with van der Waals surface area (Å²) in [4.78, 5) is 36.4. The number of carbonyl (C=O) groups excluding carboxylic acids is 3. The van der Waals surface area contributed by atoms with Gasteiger partial charge in [-0.1, -0.05) is 6.07 Å². The summed E-state index contributed by atoms with van der Waals surface area (Å²) in [5, 5.41) is 6.52. The van der Waals surface area contributed by atoms with Gasteiger partial charge in [-0.2, -0.15) is 4.31 Å². The predicted octanol–water partition coefficient (Wildman–Crippen LogP) is 0.0836. The highest BCUT2D eigenvalue weighted by atomic mass is 32.2. The fourth-order valence-electron chi connectivity index (χ4n) is 2.57. The van der Waals surface area contributed by atoms with Crippen molar-refractivity contribution >= 4 is 39.3 Å². The molecule has 2 heterocycles. The fraction of sp³-hybridized carbons (Fsp3) is 0.533. The Hall–Kier alpha value is -1.98. The van der Waals surface area contributed by atoms with Gasteiger partial charge in [0.15, 0.2) is 6.61 Å². The second-order valence-electron chi connectivity index (χ2n) is 5.77. The zero-order valence-corrected chi connectivity index (χ0v) is 15.9. The fourth-order valence-corrected chi connectivity index (χ4v) is 4.39. The number of thiophene rings is 1. The maximum atomic E-state index is 12.0. The summed E-state index contributed by atoms with van der Waals surface area (Å²) in [6, 6.07) is 2.25. The Morgan fingerprint density at radius 1 is 1.38 bits per heavy atom. The van der Waals surface area contributed by atoms with Gasteiger partial charge >= 0.3 is 12.0 Å². The first-order valence-corrected chi connectivity index (χ1v) is 10.7. The van der Waals surface area contributed by atoms with Crippen molar-refractivity contribution in [1.29, 1.82) is 0 Å². The minimum absolute atomic E-state index is 0.247. The van der Waals surface area contributed by atoms with Crippen molar-refractivity contribution in [2.24, 2.45) is 0 Å². The third-order valence-corrected chi connectivity index (χ3v) is 5.96. The molecule has 0 aliphatic carbocycles. The van der Waals surface area contributed by atoms with Crippen LogP contribution in [0.25, 0.3) is 0 Å². The molecule has 11 heteroatoms. The van der Waals surface area contributed by atoms with Crippen molar-refractivity contribution < 1.29 is 27.5 Å². The number of nitrogens with one attached hydrogen (secondary N) is 2. The van der Waals surface area contributed by atoms with Crippen LogP contribution in [0.2, 0.25) is 0 Å². The van der Waals surface area contributed by atoms with E-state index in [2.05, 4.69) is 10.6 Å². The van der Waals surface area contributed by atoms with Crippen LogP contribution in [0.15, 0.2) is 17.5 Å². The number of sulfonamides is 1. The molecule has 0 bridgehead atoms. The number of rotatable bonds is 7. The number of urea groups is 1. The normalized spacial score (nSPS) is 17.7. The third kappa shape index (κ3) is 6.07. The van der Waals surface area contributed by atoms with Crippen molar-refractivity contribution in [2.45, 2.75) is 25.3 Å². The second kappa shape index (κ2) is 9.10. The summed E-state index contributed by atoms with van der Waals surface area (Å²) >= 11 is 1.57. The van der Waals surface area contributed by atoms with Crippen LogP contribution >= 0.6 is 11.3 Å². The van der Waals surface area contributed by atoms with Crippen LogP contribution in [0.3, 0.4) is 0 Å². The molecule has 1 fully saturated rings. The van der Waals surface area contributed by atoms with E-state index in [9.17, 15) is 22.8 Å². The van der Waals surface area contributed by atoms with Crippen LogP contribution in [0.5, 0.6) is 0 Å². The van der Waals surface area contributed by atoms with E-state index in [1.807, 2.05) is 17.5 Å². The summed E-state index contributed by atoms with van der Waals surface area (Å²) in [5.74, 6) is -1.57. The molecule has 3 amide bonds. The number of ether oxygens (including phenoxy) is 1. The molecule has 144 valence electrons. The minimum Gasteiger partial charge on any atom is -0.454 e. The van der Waals surface area contributed by atoms with E-state index in [4.69, 9.17) is 4.74 Å². The summed E-state index contributed by atoms with van der Waals surface area (Å²) < 4.78 is 29.1. The molecular weight excluding hydrogens is 382 g/mol. The van der Waals surface area contributed by atoms with Gasteiger partial charge in [-0.15, -0.1) is 11.3 Å². The van der Waals surface area contributed by atoms with Gasteiger partial charge in [-0.25, -0.2) is 13.2 Å². The molecule has 0 aromatic carbocycles. The molecule has 1 aromatic heterocycles. The molecule has 2 rings (SSSR count). The molecule has 1 aliphatic heterocycles. The van der Waals surface area contributed by atoms with E-state index in [0.717, 1.165) is 15.4 Å². The summed E-state index contributed by atoms with van der Waals surface area (Å²) in [6.45, 7) is -0.0342. The van der Waals surface area contributed by atoms with Crippen molar-refractivity contribution in [3.05, 3.63) is 22.4 Å². The Labute approximate surface area is 155 Å². The first kappa shape index (κ1) is 20.3. The molecule has 26 heavy (non-hydrogen) atoms. The monoisotopic (exact) mass is 403 g/mol. The van der Waals surface area contributed by atoms with Gasteiger partial charge in [-0.3, -0.25) is 14.9 Å². The molecule has 1 unspecified atom stereocenters. The molecular formula is C15H21N3O6S2. The topological polar surface area (TPSA) is 122 Å². The van der Waals surface area contributed by atoms with Gasteiger partial charge in [0, 0.05) is 18.0 Å². The molecule has 1 saturated heterocycles. The highest BCUT2D eigenvalue weighted by molar-refractivity contribution is 7.88. The smallest absolute Gasteiger partial charge is 0.324 e. The van der Waals surface area contributed by atoms with E-state index >= 15 is 0 Å². The summed E-state index contributed by atoms with van der Waals surface area (Å²) in [7, 11) is -3.51. The zero-order chi connectivity index (χ0) is 19.2. The molecule has 0 saturated carbocycles. The van der Waals surface area contributed by atoms with Crippen molar-refractivity contribution in [1.82, 2.24) is 14.9 Å². The van der Waals surface area contributed by atoms with E-state index in [1.54, 1.807) is 11.3 Å². The van der Waals surface area contributed by atoms with Crippen LogP contribution in [0.1, 0.15) is 17.7 Å². The van der Waals surface area contributed by atoms with Gasteiger partial charge in [0.25, 0.3) is 5.91 Å². The largest absolute Gasteiger partial charge is 0.454 e. The molecule has 9 nitrogen and oxygen atoms in total. The van der Waals surface area contributed by atoms with E-state index < -0.39 is 40.6 Å². The first-order valence-electron chi connectivity index (χ1n) is 8.01. The van der Waals surface area contributed by atoms with Crippen LogP contribution in [0, 0.1) is 0 Å². The van der Waals surface area contributed by atoms with E-state index in [0.29, 0.717) is 25.8 Å². The number of hydrogen-bond acceptors (Lipinski definition) is 7. The van der Waals surface area contributed by atoms with Gasteiger partial charge in [0.05, 0.1) is 6.26 Å². The molecule has 1 aromatic rings. The van der Waals surface area contributed by atoms with Gasteiger partial charge in [0.2, 0.25) is 10.0 Å². The Kier molecular flexibility index (Phi) is 7.12. The van der Waals surface area contributed by atoms with Crippen molar-refractivity contribution in [2.75, 3.05) is 26.0 Å². The van der Waals surface area contributed by atoms with Gasteiger partial charge in [-0.05, 0) is 30.7 Å². The number of esters is 1. The average Bonchev–Trinajstić information content (AvgIpc) is 3.23. The van der Waals surface area contributed by atoms with Crippen molar-refractivity contribution in [3.8, 4) is 0 Å². The number of amides is 3. The summed E-state index contributed by atoms with van der Waals surface area (Å²) in [5.41, 5.74) is 0. The van der Waals surface area contributed by atoms with Crippen molar-refractivity contribution in [3.63, 3.8) is 0 Å². The molecule has 1 aliphatic rings. The maximum absolute atomic E-state index is 12.0. The number of imide groups is 1. The average molecular weight is 403 g/mol. The molecule has 2 N–H and O–H groups in total. The molecule has 0 spiro atoms. The van der Waals surface area contributed by atoms with Crippen LogP contribution in [-0.4, -0.2) is 62.6 Å². The Morgan fingerprint density at radius 3 is 2.81 bits per heavy atom. The highest BCUT2D eigenvalue weighted by Gasteiger charge is 2.37. The van der Waals surface area contributed by atoms with Gasteiger partial charge in [0.1, 0.15) is 6.04 Å². The Balaban J connectivity index is 1.69. The second-order valence-corrected chi connectivity index (χ2v) is 8.74. The lowest BCUT2D eigenvalue weighted by atomic mass is 10.2. The lowest BCUT2D eigenvalue weighted by Crippen LogP contribution is -2.44. The number of hydrogen-bond donors (Lipinski definition) is 2. The lowest BCUT2D eigenvalue weighted by molar-refractivity contribution is -0.151. The molecule has 1 atom stereocenters. The van der Waals surface area contributed by atoms with Crippen LogP contribution in [-0.2, 0) is 30.8 Å². The first-order chi connectivity index (χ1) is 12.3. The lowest BCUT2D eigenvalue weighted by Gasteiger charge is -2.20. The van der Waals surface area contributed by atoms with Gasteiger partial charge < -0.3 is 10.1 Å². The predicted molar refractivity (Wildman–Crippen MR) is 95.1 cm³/mol. The minimum atomic E-state index is -3.51. The Morgan fingerprint density at radius 2 is 2.15 bits per heavy atom. The zero-order valence-electron chi connectivity index (χ0n) is 14.3. The highest BCUT2D eigenvalue weighted by Crippen LogP contribution is 2.21. The quantitative estimate of drug-likeness (QED) is 0.622. The van der Waals surface area contributed by atoms with Crippen LogP contribution < -0.4 is 10.6 Å². The number of nitrogens with zero attached hydrogens (tertiary/aromatic N) is 1. The summed E-state index contributed by atoms with van der Waals surface area (Å²) in [6.07, 6.45) is 2.56. The maximum Gasteiger partial charge on any atom is 0.324 e. The van der Waals surface area contributed by atoms with E-state index in [1.165, 1.54) is 0 Å². The van der Waals surface area contributed by atoms with E-state index in [-0.39, 0.29) is 6.54 Å². The Bertz CT molecular complexity index is 747. The molecule has 0 radical (unpaired) electrons. The SMILES string of the molecule is CS(=O)(=O)N1CCCC1C(=O)OCC(=O)NC(=O)NCCc1cccs1. The third-order valence-electron chi connectivity index (χ3n) is 3.74.